The van der Waals surface area contributed by atoms with Crippen LogP contribution in [0.25, 0.3) is 0 Å². The summed E-state index contributed by atoms with van der Waals surface area (Å²) < 4.78 is 27.6. The number of nitrogens with one attached hydrogen (secondary N) is 1. The average Bonchev–Trinajstić information content (AvgIpc) is 2.97. The van der Waals surface area contributed by atoms with Gasteiger partial charge in [-0.1, -0.05) is 49.2 Å². The van der Waals surface area contributed by atoms with E-state index in [-0.39, 0.29) is 10.8 Å². The molecule has 2 aromatic rings. The van der Waals surface area contributed by atoms with E-state index in [1.165, 1.54) is 6.07 Å². The molecule has 1 aliphatic heterocycles. The van der Waals surface area contributed by atoms with Crippen LogP contribution in [0.15, 0.2) is 53.4 Å². The van der Waals surface area contributed by atoms with E-state index in [1.54, 1.807) is 16.4 Å². The molecule has 2 aromatic carbocycles. The Hall–Kier alpha value is -2.18. The van der Waals surface area contributed by atoms with Gasteiger partial charge in [-0.05, 0) is 43.0 Å². The normalized spacial score (nSPS) is 15.9. The minimum atomic E-state index is -3.57. The minimum absolute atomic E-state index is 0.194. The van der Waals surface area contributed by atoms with Crippen molar-refractivity contribution in [1.29, 1.82) is 0 Å². The number of sulfonamides is 1. The molecule has 27 heavy (non-hydrogen) atoms. The van der Waals surface area contributed by atoms with E-state index in [1.807, 2.05) is 37.3 Å². The van der Waals surface area contributed by atoms with Crippen LogP contribution in [0.4, 0.5) is 0 Å². The first-order valence-electron chi connectivity index (χ1n) is 9.41. The van der Waals surface area contributed by atoms with Gasteiger partial charge in [-0.15, -0.1) is 0 Å². The van der Waals surface area contributed by atoms with E-state index >= 15 is 0 Å². The fourth-order valence-corrected chi connectivity index (χ4v) is 4.85. The zero-order valence-electron chi connectivity index (χ0n) is 15.6. The van der Waals surface area contributed by atoms with Gasteiger partial charge in [-0.2, -0.15) is 4.31 Å². The number of carbonyl (C=O) groups is 1. The molecule has 0 aromatic heterocycles. The third kappa shape index (κ3) is 4.76. The van der Waals surface area contributed by atoms with Gasteiger partial charge >= 0.3 is 0 Å². The molecule has 1 saturated heterocycles. The molecule has 3 rings (SSSR count). The number of aryl methyl sites for hydroxylation is 1. The molecule has 1 aliphatic rings. The summed E-state index contributed by atoms with van der Waals surface area (Å²) in [5.74, 6) is -0.260. The molecule has 1 heterocycles. The lowest BCUT2D eigenvalue weighted by atomic mass is 10.1. The Morgan fingerprint density at radius 3 is 2.33 bits per heavy atom. The quantitative estimate of drug-likeness (QED) is 0.855. The fraction of sp³-hybridized carbons (Fsp3) is 0.381. The number of benzene rings is 2. The molecular formula is C21H26N2O3S. The van der Waals surface area contributed by atoms with E-state index in [4.69, 9.17) is 0 Å². The summed E-state index contributed by atoms with van der Waals surface area (Å²) in [4.78, 5) is 12.8. The lowest BCUT2D eigenvalue weighted by molar-refractivity contribution is 0.0950. The fourth-order valence-electron chi connectivity index (χ4n) is 3.31. The van der Waals surface area contributed by atoms with Crippen molar-refractivity contribution in [1.82, 2.24) is 9.62 Å². The zero-order valence-corrected chi connectivity index (χ0v) is 16.5. The molecule has 0 spiro atoms. The molecule has 0 saturated carbocycles. The zero-order chi connectivity index (χ0) is 19.3. The summed E-state index contributed by atoms with van der Waals surface area (Å²) in [5, 5.41) is 2.88. The second-order valence-corrected chi connectivity index (χ2v) is 8.90. The number of amides is 1. The number of nitrogens with zero attached hydrogens (tertiary/aromatic N) is 1. The summed E-state index contributed by atoms with van der Waals surface area (Å²) in [5.41, 5.74) is 2.16. The lowest BCUT2D eigenvalue weighted by Gasteiger charge is -2.20. The highest BCUT2D eigenvalue weighted by atomic mass is 32.2. The predicted molar refractivity (Wildman–Crippen MR) is 106 cm³/mol. The summed E-state index contributed by atoms with van der Waals surface area (Å²) in [6, 6.07) is 14.5. The van der Waals surface area contributed by atoms with E-state index < -0.39 is 10.0 Å². The molecule has 1 N–H and O–H groups in total. The monoisotopic (exact) mass is 386 g/mol. The predicted octanol–water partition coefficient (Wildman–Crippen LogP) is 3.49. The Morgan fingerprint density at radius 2 is 1.67 bits per heavy atom. The van der Waals surface area contributed by atoms with Gasteiger partial charge < -0.3 is 5.32 Å². The Bertz CT molecular complexity index is 887. The van der Waals surface area contributed by atoms with E-state index in [0.29, 0.717) is 25.2 Å². The molecule has 1 fully saturated rings. The van der Waals surface area contributed by atoms with E-state index in [9.17, 15) is 13.2 Å². The van der Waals surface area contributed by atoms with Gasteiger partial charge in [0.05, 0.1) is 4.90 Å². The molecule has 0 bridgehead atoms. The van der Waals surface area contributed by atoms with Gasteiger partial charge in [0, 0.05) is 25.2 Å². The highest BCUT2D eigenvalue weighted by molar-refractivity contribution is 7.89. The van der Waals surface area contributed by atoms with Crippen LogP contribution in [0.3, 0.4) is 0 Å². The molecule has 0 radical (unpaired) electrons. The van der Waals surface area contributed by atoms with Crippen molar-refractivity contribution in [3.05, 3.63) is 65.2 Å². The minimum Gasteiger partial charge on any atom is -0.348 e. The Morgan fingerprint density at radius 1 is 1.00 bits per heavy atom. The summed E-state index contributed by atoms with van der Waals surface area (Å²) in [7, 11) is -3.57. The van der Waals surface area contributed by atoms with Crippen LogP contribution in [0.5, 0.6) is 0 Å². The largest absolute Gasteiger partial charge is 0.348 e. The van der Waals surface area contributed by atoms with Gasteiger partial charge in [-0.25, -0.2) is 8.42 Å². The van der Waals surface area contributed by atoms with Gasteiger partial charge in [0.25, 0.3) is 5.91 Å². The molecule has 0 aliphatic carbocycles. The third-order valence-electron chi connectivity index (χ3n) is 4.95. The van der Waals surface area contributed by atoms with Gasteiger partial charge in [0.2, 0.25) is 10.0 Å². The Labute approximate surface area is 161 Å². The van der Waals surface area contributed by atoms with Crippen LogP contribution in [0.2, 0.25) is 0 Å². The smallest absolute Gasteiger partial charge is 0.251 e. The Balaban J connectivity index is 1.79. The van der Waals surface area contributed by atoms with E-state index in [0.717, 1.165) is 36.8 Å². The van der Waals surface area contributed by atoms with Crippen molar-refractivity contribution in [2.24, 2.45) is 0 Å². The summed E-state index contributed by atoms with van der Waals surface area (Å²) in [6.45, 7) is 3.32. The molecular weight excluding hydrogens is 360 g/mol. The first-order valence-corrected chi connectivity index (χ1v) is 10.9. The number of hydrogen-bond donors (Lipinski definition) is 1. The SMILES string of the molecule is Cc1ccc(S(=O)(=O)N2CCCCCC2)cc1C(=O)NCc1ccccc1. The maximum atomic E-state index is 13.0. The van der Waals surface area contributed by atoms with Crippen molar-refractivity contribution >= 4 is 15.9 Å². The maximum Gasteiger partial charge on any atom is 0.251 e. The third-order valence-corrected chi connectivity index (χ3v) is 6.85. The number of rotatable bonds is 5. The summed E-state index contributed by atoms with van der Waals surface area (Å²) >= 11 is 0. The average molecular weight is 387 g/mol. The second kappa shape index (κ2) is 8.67. The van der Waals surface area contributed by atoms with Crippen LogP contribution in [0.1, 0.15) is 47.2 Å². The number of carbonyl (C=O) groups excluding carboxylic acids is 1. The number of hydrogen-bond acceptors (Lipinski definition) is 3. The van der Waals surface area contributed by atoms with Crippen LogP contribution >= 0.6 is 0 Å². The highest BCUT2D eigenvalue weighted by Gasteiger charge is 2.26. The van der Waals surface area contributed by atoms with Gasteiger partial charge in [0.15, 0.2) is 0 Å². The second-order valence-electron chi connectivity index (χ2n) is 6.96. The van der Waals surface area contributed by atoms with Gasteiger partial charge in [-0.3, -0.25) is 4.79 Å². The molecule has 0 unspecified atom stereocenters. The molecule has 0 atom stereocenters. The van der Waals surface area contributed by atoms with Crippen molar-refractivity contribution < 1.29 is 13.2 Å². The molecule has 144 valence electrons. The van der Waals surface area contributed by atoms with Crippen LogP contribution in [-0.2, 0) is 16.6 Å². The van der Waals surface area contributed by atoms with Gasteiger partial charge in [0.1, 0.15) is 0 Å². The van der Waals surface area contributed by atoms with Crippen LogP contribution in [0, 0.1) is 6.92 Å². The summed E-state index contributed by atoms with van der Waals surface area (Å²) in [6.07, 6.45) is 3.89. The topological polar surface area (TPSA) is 66.5 Å². The van der Waals surface area contributed by atoms with Crippen molar-refractivity contribution in [2.75, 3.05) is 13.1 Å². The maximum absolute atomic E-state index is 13.0. The van der Waals surface area contributed by atoms with Crippen LogP contribution in [-0.4, -0.2) is 31.7 Å². The van der Waals surface area contributed by atoms with Crippen molar-refractivity contribution in [3.63, 3.8) is 0 Å². The standard InChI is InChI=1S/C21H26N2O3S/c1-17-11-12-19(27(25,26)23-13-7-2-3-8-14-23)15-20(17)21(24)22-16-18-9-5-4-6-10-18/h4-6,9-12,15H,2-3,7-8,13-14,16H2,1H3,(H,22,24). The first kappa shape index (κ1) is 19.6. The molecule has 5 nitrogen and oxygen atoms in total. The van der Waals surface area contributed by atoms with Crippen molar-refractivity contribution in [3.8, 4) is 0 Å². The van der Waals surface area contributed by atoms with E-state index in [2.05, 4.69) is 5.32 Å². The highest BCUT2D eigenvalue weighted by Crippen LogP contribution is 2.22. The Kier molecular flexibility index (Phi) is 6.29. The molecule has 6 heteroatoms. The first-order chi connectivity index (χ1) is 13.0. The van der Waals surface area contributed by atoms with Crippen molar-refractivity contribution in [2.45, 2.75) is 44.0 Å². The molecule has 1 amide bonds. The lowest BCUT2D eigenvalue weighted by Crippen LogP contribution is -2.32. The van der Waals surface area contributed by atoms with Crippen LogP contribution < -0.4 is 5.32 Å².